The predicted octanol–water partition coefficient (Wildman–Crippen LogP) is 4.83. The van der Waals surface area contributed by atoms with Gasteiger partial charge < -0.3 is 4.90 Å². The smallest absolute Gasteiger partial charge is 0.186 e. The van der Waals surface area contributed by atoms with Crippen molar-refractivity contribution in [2.75, 3.05) is 18.0 Å². The summed E-state index contributed by atoms with van der Waals surface area (Å²) in [6.45, 7) is 4.38. The summed E-state index contributed by atoms with van der Waals surface area (Å²) in [4.78, 5) is 7.46. The SMILES string of the molecule is C[C@@H]1CCCN(c2nc3c(-c4ccc(Cl)cc4)nnn3c3ccccc23)C1. The molecular weight excluding hydrogens is 358 g/mol. The van der Waals surface area contributed by atoms with Crippen LogP contribution < -0.4 is 4.90 Å². The van der Waals surface area contributed by atoms with Crippen LogP contribution in [0, 0.1) is 5.92 Å². The zero-order valence-corrected chi connectivity index (χ0v) is 15.9. The zero-order chi connectivity index (χ0) is 18.4. The van der Waals surface area contributed by atoms with E-state index >= 15 is 0 Å². The lowest BCUT2D eigenvalue weighted by Crippen LogP contribution is -2.35. The Morgan fingerprint density at radius 2 is 1.89 bits per heavy atom. The predicted molar refractivity (Wildman–Crippen MR) is 109 cm³/mol. The van der Waals surface area contributed by atoms with Gasteiger partial charge in [-0.3, -0.25) is 0 Å². The summed E-state index contributed by atoms with van der Waals surface area (Å²) >= 11 is 6.05. The van der Waals surface area contributed by atoms with Gasteiger partial charge in [0.05, 0.1) is 5.52 Å². The minimum absolute atomic E-state index is 0.675. The molecule has 0 unspecified atom stereocenters. The maximum absolute atomic E-state index is 6.05. The van der Waals surface area contributed by atoms with E-state index in [9.17, 15) is 0 Å². The molecule has 0 spiro atoms. The topological polar surface area (TPSA) is 46.3 Å². The van der Waals surface area contributed by atoms with Crippen molar-refractivity contribution < 1.29 is 0 Å². The maximum Gasteiger partial charge on any atom is 0.186 e. The minimum Gasteiger partial charge on any atom is -0.356 e. The highest BCUT2D eigenvalue weighted by Gasteiger charge is 2.22. The van der Waals surface area contributed by atoms with Crippen molar-refractivity contribution in [1.82, 2.24) is 19.8 Å². The second-order valence-electron chi connectivity index (χ2n) is 7.33. The lowest BCUT2D eigenvalue weighted by Gasteiger charge is -2.32. The van der Waals surface area contributed by atoms with Gasteiger partial charge >= 0.3 is 0 Å². The molecule has 0 aliphatic carbocycles. The number of benzene rings is 2. The van der Waals surface area contributed by atoms with E-state index in [1.165, 1.54) is 12.8 Å². The van der Waals surface area contributed by atoms with Crippen LogP contribution in [0.5, 0.6) is 0 Å². The number of rotatable bonds is 2. The Hall–Kier alpha value is -2.66. The molecule has 2 aromatic carbocycles. The monoisotopic (exact) mass is 377 g/mol. The van der Waals surface area contributed by atoms with Gasteiger partial charge in [-0.25, -0.2) is 4.98 Å². The van der Waals surface area contributed by atoms with Gasteiger partial charge in [-0.2, -0.15) is 4.52 Å². The summed E-state index contributed by atoms with van der Waals surface area (Å²) in [6.07, 6.45) is 2.48. The lowest BCUT2D eigenvalue weighted by atomic mass is 10.00. The molecule has 0 saturated carbocycles. The molecule has 1 fully saturated rings. The molecule has 1 saturated heterocycles. The van der Waals surface area contributed by atoms with Crippen molar-refractivity contribution in [1.29, 1.82) is 0 Å². The van der Waals surface area contributed by atoms with E-state index in [-0.39, 0.29) is 0 Å². The van der Waals surface area contributed by atoms with E-state index in [4.69, 9.17) is 16.6 Å². The van der Waals surface area contributed by atoms with Gasteiger partial charge in [0.25, 0.3) is 0 Å². The van der Waals surface area contributed by atoms with Gasteiger partial charge in [0.2, 0.25) is 0 Å². The number of aromatic nitrogens is 4. The molecule has 0 radical (unpaired) electrons. The van der Waals surface area contributed by atoms with Crippen LogP contribution in [0.25, 0.3) is 27.8 Å². The molecule has 0 bridgehead atoms. The highest BCUT2D eigenvalue weighted by molar-refractivity contribution is 6.30. The average Bonchev–Trinajstić information content (AvgIpc) is 3.12. The Balaban J connectivity index is 1.75. The molecule has 27 heavy (non-hydrogen) atoms. The molecule has 1 aliphatic heterocycles. The number of nitrogens with zero attached hydrogens (tertiary/aromatic N) is 5. The summed E-state index contributed by atoms with van der Waals surface area (Å²) in [5.74, 6) is 1.71. The molecule has 2 aromatic heterocycles. The highest BCUT2D eigenvalue weighted by atomic mass is 35.5. The van der Waals surface area contributed by atoms with Crippen LogP contribution in [-0.2, 0) is 0 Å². The molecule has 0 amide bonds. The van der Waals surface area contributed by atoms with Crippen LogP contribution in [0.3, 0.4) is 0 Å². The fourth-order valence-electron chi connectivity index (χ4n) is 3.96. The van der Waals surface area contributed by atoms with Gasteiger partial charge in [-0.1, -0.05) is 48.0 Å². The summed E-state index contributed by atoms with van der Waals surface area (Å²) in [6, 6.07) is 16.0. The van der Waals surface area contributed by atoms with Crippen LogP contribution in [0.15, 0.2) is 48.5 Å². The first-order valence-electron chi connectivity index (χ1n) is 9.36. The van der Waals surface area contributed by atoms with E-state index in [2.05, 4.69) is 40.3 Å². The second-order valence-corrected chi connectivity index (χ2v) is 7.76. The Morgan fingerprint density at radius 1 is 1.07 bits per heavy atom. The Bertz CT molecular complexity index is 1120. The fraction of sp³-hybridized carbons (Fsp3) is 0.286. The van der Waals surface area contributed by atoms with Gasteiger partial charge in [0, 0.05) is 29.1 Å². The van der Waals surface area contributed by atoms with E-state index in [0.717, 1.165) is 46.7 Å². The Kier molecular flexibility index (Phi) is 3.97. The summed E-state index contributed by atoms with van der Waals surface area (Å²) in [5, 5.41) is 10.7. The lowest BCUT2D eigenvalue weighted by molar-refractivity contribution is 0.445. The van der Waals surface area contributed by atoms with Crippen LogP contribution in [0.4, 0.5) is 5.82 Å². The molecule has 5 rings (SSSR count). The summed E-state index contributed by atoms with van der Waals surface area (Å²) in [5.41, 5.74) is 3.56. The van der Waals surface area contributed by atoms with E-state index in [1.807, 2.05) is 34.8 Å². The van der Waals surface area contributed by atoms with Crippen molar-refractivity contribution in [2.45, 2.75) is 19.8 Å². The third-order valence-corrected chi connectivity index (χ3v) is 5.56. The first-order chi connectivity index (χ1) is 13.2. The number of fused-ring (bicyclic) bond motifs is 3. The van der Waals surface area contributed by atoms with Crippen LogP contribution >= 0.6 is 11.6 Å². The van der Waals surface area contributed by atoms with Crippen LogP contribution in [0.2, 0.25) is 5.02 Å². The second kappa shape index (κ2) is 6.50. The maximum atomic E-state index is 6.05. The van der Waals surface area contributed by atoms with Gasteiger partial charge in [-0.15, -0.1) is 5.10 Å². The van der Waals surface area contributed by atoms with Gasteiger partial charge in [0.1, 0.15) is 11.5 Å². The summed E-state index contributed by atoms with van der Waals surface area (Å²) in [7, 11) is 0. The summed E-state index contributed by atoms with van der Waals surface area (Å²) < 4.78 is 1.84. The minimum atomic E-state index is 0.675. The molecule has 3 heterocycles. The molecule has 136 valence electrons. The van der Waals surface area contributed by atoms with Crippen molar-refractivity contribution in [3.8, 4) is 11.3 Å². The number of para-hydroxylation sites is 1. The largest absolute Gasteiger partial charge is 0.356 e. The van der Waals surface area contributed by atoms with Crippen molar-refractivity contribution in [2.24, 2.45) is 5.92 Å². The first-order valence-corrected chi connectivity index (χ1v) is 9.73. The molecule has 1 atom stereocenters. The quantitative estimate of drug-likeness (QED) is 0.501. The third-order valence-electron chi connectivity index (χ3n) is 5.31. The zero-order valence-electron chi connectivity index (χ0n) is 15.1. The van der Waals surface area contributed by atoms with E-state index in [0.29, 0.717) is 10.9 Å². The van der Waals surface area contributed by atoms with E-state index < -0.39 is 0 Å². The van der Waals surface area contributed by atoms with E-state index in [1.54, 1.807) is 0 Å². The third kappa shape index (κ3) is 2.82. The molecular formula is C21H20ClN5. The molecule has 5 nitrogen and oxygen atoms in total. The standard InChI is InChI=1S/C21H20ClN5/c1-14-5-4-12-26(13-14)20-17-6-2-3-7-18(17)27-21(23-20)19(24-25-27)15-8-10-16(22)11-9-15/h2-3,6-11,14H,4-5,12-13H2,1H3/t14-/m1/s1. The normalized spacial score (nSPS) is 17.7. The Labute approximate surface area is 162 Å². The molecule has 1 aliphatic rings. The molecule has 4 aromatic rings. The van der Waals surface area contributed by atoms with Crippen LogP contribution in [-0.4, -0.2) is 32.9 Å². The van der Waals surface area contributed by atoms with Crippen molar-refractivity contribution >= 4 is 34.0 Å². The van der Waals surface area contributed by atoms with Gasteiger partial charge in [-0.05, 0) is 43.0 Å². The Morgan fingerprint density at radius 3 is 2.70 bits per heavy atom. The fourth-order valence-corrected chi connectivity index (χ4v) is 4.09. The number of anilines is 1. The van der Waals surface area contributed by atoms with Crippen molar-refractivity contribution in [3.63, 3.8) is 0 Å². The van der Waals surface area contributed by atoms with Gasteiger partial charge in [0.15, 0.2) is 5.65 Å². The highest BCUT2D eigenvalue weighted by Crippen LogP contribution is 2.32. The number of halogens is 1. The number of piperidine rings is 1. The molecule has 6 heteroatoms. The number of hydrogen-bond acceptors (Lipinski definition) is 4. The van der Waals surface area contributed by atoms with Crippen molar-refractivity contribution in [3.05, 3.63) is 53.6 Å². The number of hydrogen-bond donors (Lipinski definition) is 0. The van der Waals surface area contributed by atoms with Crippen LogP contribution in [0.1, 0.15) is 19.8 Å². The first kappa shape index (κ1) is 16.5. The average molecular weight is 378 g/mol. The molecule has 0 N–H and O–H groups in total.